The lowest BCUT2D eigenvalue weighted by molar-refractivity contribution is 0.0621. The minimum atomic E-state index is -0.318. The fourth-order valence-corrected chi connectivity index (χ4v) is 3.66. The summed E-state index contributed by atoms with van der Waals surface area (Å²) in [6.45, 7) is 1.84. The van der Waals surface area contributed by atoms with Gasteiger partial charge in [0.1, 0.15) is 6.33 Å². The molecule has 3 nitrogen and oxygen atoms in total. The van der Waals surface area contributed by atoms with E-state index in [0.717, 1.165) is 13.1 Å². The number of anilines is 1. The zero-order chi connectivity index (χ0) is 13.6. The summed E-state index contributed by atoms with van der Waals surface area (Å²) in [6, 6.07) is 10.7. The highest BCUT2D eigenvalue weighted by atomic mass is 19.1. The quantitative estimate of drug-likeness (QED) is 0.839. The second kappa shape index (κ2) is 4.27. The van der Waals surface area contributed by atoms with Crippen LogP contribution in [0.15, 0.2) is 42.9 Å². The van der Waals surface area contributed by atoms with Crippen molar-refractivity contribution in [3.63, 3.8) is 0 Å². The number of benzene rings is 1. The molecule has 2 aliphatic rings. The predicted molar refractivity (Wildman–Crippen MR) is 75.1 cm³/mol. The van der Waals surface area contributed by atoms with Gasteiger partial charge in [0.15, 0.2) is 11.6 Å². The molecule has 2 fully saturated rings. The molecule has 1 saturated carbocycles. The van der Waals surface area contributed by atoms with E-state index in [-0.39, 0.29) is 5.82 Å². The lowest BCUT2D eigenvalue weighted by atomic mass is 9.56. The van der Waals surface area contributed by atoms with Crippen LogP contribution >= 0.6 is 0 Å². The Labute approximate surface area is 117 Å². The second-order valence-electron chi connectivity index (χ2n) is 6.07. The van der Waals surface area contributed by atoms with Gasteiger partial charge in [-0.2, -0.15) is 0 Å². The van der Waals surface area contributed by atoms with Crippen molar-refractivity contribution in [2.24, 2.45) is 5.41 Å². The van der Waals surface area contributed by atoms with Crippen LogP contribution in [0.1, 0.15) is 24.3 Å². The molecule has 1 spiro atoms. The number of aromatic nitrogens is 2. The SMILES string of the molecule is Fc1cncnc1N1CC2(CC(c3ccccc3)C2)C1. The van der Waals surface area contributed by atoms with Gasteiger partial charge in [0.25, 0.3) is 0 Å². The molecule has 0 amide bonds. The first-order chi connectivity index (χ1) is 9.76. The van der Waals surface area contributed by atoms with Gasteiger partial charge in [-0.25, -0.2) is 14.4 Å². The number of hydrogen-bond donors (Lipinski definition) is 0. The van der Waals surface area contributed by atoms with Gasteiger partial charge >= 0.3 is 0 Å². The summed E-state index contributed by atoms with van der Waals surface area (Å²) in [6.07, 6.45) is 5.07. The van der Waals surface area contributed by atoms with Gasteiger partial charge in [0.2, 0.25) is 0 Å². The fraction of sp³-hybridized carbons (Fsp3) is 0.375. The van der Waals surface area contributed by atoms with Crippen LogP contribution in [0.2, 0.25) is 0 Å². The van der Waals surface area contributed by atoms with Crippen LogP contribution in [-0.2, 0) is 0 Å². The van der Waals surface area contributed by atoms with Gasteiger partial charge < -0.3 is 4.90 Å². The van der Waals surface area contributed by atoms with Crippen LogP contribution in [0.3, 0.4) is 0 Å². The van der Waals surface area contributed by atoms with E-state index in [1.165, 1.54) is 30.9 Å². The minimum absolute atomic E-state index is 0.318. The molecule has 0 atom stereocenters. The number of halogens is 1. The molecule has 1 saturated heterocycles. The molecule has 1 aliphatic carbocycles. The van der Waals surface area contributed by atoms with Crippen LogP contribution in [0.5, 0.6) is 0 Å². The molecule has 1 aliphatic heterocycles. The van der Waals surface area contributed by atoms with E-state index in [2.05, 4.69) is 40.3 Å². The molecule has 0 unspecified atom stereocenters. The molecular formula is C16H16FN3. The van der Waals surface area contributed by atoms with E-state index in [4.69, 9.17) is 0 Å². The van der Waals surface area contributed by atoms with Crippen LogP contribution < -0.4 is 4.90 Å². The Bertz CT molecular complexity index is 615. The van der Waals surface area contributed by atoms with Crippen LogP contribution in [0.25, 0.3) is 0 Å². The Morgan fingerprint density at radius 3 is 2.60 bits per heavy atom. The molecule has 0 bridgehead atoms. The summed E-state index contributed by atoms with van der Waals surface area (Å²) in [5.74, 6) is 0.809. The standard InChI is InChI=1S/C16H16FN3/c17-14-8-18-11-19-15(14)20-9-16(10-20)6-13(7-16)12-4-2-1-3-5-12/h1-5,8,11,13H,6-7,9-10H2. The van der Waals surface area contributed by atoms with Crippen molar-refractivity contribution >= 4 is 5.82 Å². The van der Waals surface area contributed by atoms with Crippen molar-refractivity contribution in [1.29, 1.82) is 0 Å². The average Bonchev–Trinajstić information content (AvgIpc) is 2.39. The van der Waals surface area contributed by atoms with Crippen LogP contribution in [-0.4, -0.2) is 23.1 Å². The van der Waals surface area contributed by atoms with Crippen molar-refractivity contribution in [2.75, 3.05) is 18.0 Å². The largest absolute Gasteiger partial charge is 0.353 e. The number of nitrogens with zero attached hydrogens (tertiary/aromatic N) is 3. The van der Waals surface area contributed by atoms with E-state index in [1.807, 2.05) is 4.90 Å². The first-order valence-corrected chi connectivity index (χ1v) is 7.01. The van der Waals surface area contributed by atoms with Crippen molar-refractivity contribution in [3.05, 3.63) is 54.2 Å². The number of hydrogen-bond acceptors (Lipinski definition) is 3. The third-order valence-electron chi connectivity index (χ3n) is 4.63. The summed E-state index contributed by atoms with van der Waals surface area (Å²) < 4.78 is 13.6. The second-order valence-corrected chi connectivity index (χ2v) is 6.07. The summed E-state index contributed by atoms with van der Waals surface area (Å²) in [4.78, 5) is 9.76. The Balaban J connectivity index is 1.40. The molecule has 0 radical (unpaired) electrons. The highest BCUT2D eigenvalue weighted by Crippen LogP contribution is 2.56. The summed E-state index contributed by atoms with van der Waals surface area (Å²) in [5, 5.41) is 0. The molecule has 2 heterocycles. The molecule has 0 N–H and O–H groups in total. The molecular weight excluding hydrogens is 253 g/mol. The zero-order valence-electron chi connectivity index (χ0n) is 11.2. The monoisotopic (exact) mass is 269 g/mol. The van der Waals surface area contributed by atoms with Gasteiger partial charge in [-0.3, -0.25) is 0 Å². The topological polar surface area (TPSA) is 29.0 Å². The maximum atomic E-state index is 13.6. The first kappa shape index (κ1) is 11.8. The highest BCUT2D eigenvalue weighted by Gasteiger charge is 2.53. The average molecular weight is 269 g/mol. The van der Waals surface area contributed by atoms with Crippen molar-refractivity contribution in [2.45, 2.75) is 18.8 Å². The predicted octanol–water partition coefficient (Wildman–Crippen LogP) is 3.00. The normalized spacial score (nSPS) is 20.6. The van der Waals surface area contributed by atoms with Gasteiger partial charge in [-0.1, -0.05) is 30.3 Å². The molecule has 2 aromatic rings. The summed E-state index contributed by atoms with van der Waals surface area (Å²) in [7, 11) is 0. The smallest absolute Gasteiger partial charge is 0.183 e. The molecule has 4 heteroatoms. The Kier molecular flexibility index (Phi) is 2.52. The number of rotatable bonds is 2. The zero-order valence-corrected chi connectivity index (χ0v) is 11.2. The molecule has 102 valence electrons. The first-order valence-electron chi connectivity index (χ1n) is 7.01. The van der Waals surface area contributed by atoms with Crippen LogP contribution in [0, 0.1) is 11.2 Å². The lowest BCUT2D eigenvalue weighted by Crippen LogP contribution is -2.62. The third kappa shape index (κ3) is 1.79. The molecule has 20 heavy (non-hydrogen) atoms. The molecule has 1 aromatic carbocycles. The van der Waals surface area contributed by atoms with Crippen molar-refractivity contribution in [1.82, 2.24) is 9.97 Å². The molecule has 4 rings (SSSR count). The van der Waals surface area contributed by atoms with E-state index < -0.39 is 0 Å². The van der Waals surface area contributed by atoms with E-state index in [0.29, 0.717) is 17.2 Å². The van der Waals surface area contributed by atoms with E-state index >= 15 is 0 Å². The minimum Gasteiger partial charge on any atom is -0.353 e. The van der Waals surface area contributed by atoms with Gasteiger partial charge in [0, 0.05) is 18.5 Å². The summed E-state index contributed by atoms with van der Waals surface area (Å²) in [5.41, 5.74) is 1.82. The van der Waals surface area contributed by atoms with E-state index in [1.54, 1.807) is 0 Å². The van der Waals surface area contributed by atoms with E-state index in [9.17, 15) is 4.39 Å². The van der Waals surface area contributed by atoms with Gasteiger partial charge in [-0.15, -0.1) is 0 Å². The highest BCUT2D eigenvalue weighted by molar-refractivity contribution is 5.45. The Hall–Kier alpha value is -1.97. The van der Waals surface area contributed by atoms with Crippen molar-refractivity contribution in [3.8, 4) is 0 Å². The van der Waals surface area contributed by atoms with Gasteiger partial charge in [0.05, 0.1) is 6.20 Å². The fourth-order valence-electron chi connectivity index (χ4n) is 3.66. The Morgan fingerprint density at radius 2 is 1.90 bits per heavy atom. The third-order valence-corrected chi connectivity index (χ3v) is 4.63. The molecule has 1 aromatic heterocycles. The lowest BCUT2D eigenvalue weighted by Gasteiger charge is -2.59. The van der Waals surface area contributed by atoms with Gasteiger partial charge in [-0.05, 0) is 24.3 Å². The maximum Gasteiger partial charge on any atom is 0.183 e. The van der Waals surface area contributed by atoms with Crippen molar-refractivity contribution < 1.29 is 4.39 Å². The Morgan fingerprint density at radius 1 is 1.15 bits per heavy atom. The van der Waals surface area contributed by atoms with Crippen LogP contribution in [0.4, 0.5) is 10.2 Å². The maximum absolute atomic E-state index is 13.6. The summed E-state index contributed by atoms with van der Waals surface area (Å²) >= 11 is 0.